The predicted molar refractivity (Wildman–Crippen MR) is 86.3 cm³/mol. The summed E-state index contributed by atoms with van der Waals surface area (Å²) in [4.78, 5) is 0. The Balaban J connectivity index is 1.59. The lowest BCUT2D eigenvalue weighted by atomic mass is 9.77. The third kappa shape index (κ3) is 3.55. The molecule has 2 nitrogen and oxygen atoms in total. The lowest BCUT2D eigenvalue weighted by molar-refractivity contribution is -0.703. The molecule has 0 spiro atoms. The monoisotopic (exact) mass is 283 g/mol. The highest BCUT2D eigenvalue weighted by atomic mass is 15.1. The number of rotatable bonds is 4. The van der Waals surface area contributed by atoms with Gasteiger partial charge in [-0.05, 0) is 55.6 Å². The van der Waals surface area contributed by atoms with E-state index in [0.29, 0.717) is 0 Å². The van der Waals surface area contributed by atoms with Gasteiger partial charge in [0.25, 0.3) is 0 Å². The number of benzene rings is 1. The summed E-state index contributed by atoms with van der Waals surface area (Å²) >= 11 is 0. The largest absolute Gasteiger partial charge is 0.248 e. The quantitative estimate of drug-likeness (QED) is 0.743. The number of hydrogen-bond acceptors (Lipinski definition) is 0. The van der Waals surface area contributed by atoms with Crippen molar-refractivity contribution in [1.82, 2.24) is 4.57 Å². The highest BCUT2D eigenvalue weighted by molar-refractivity contribution is 5.30. The normalized spacial score (nSPS) is 22.6. The average molecular weight is 283 g/mol. The van der Waals surface area contributed by atoms with Gasteiger partial charge in [-0.15, -0.1) is 0 Å². The van der Waals surface area contributed by atoms with Crippen molar-refractivity contribution >= 4 is 0 Å². The molecule has 1 aliphatic carbocycles. The third-order valence-electron chi connectivity index (χ3n) is 5.05. The van der Waals surface area contributed by atoms with Crippen LogP contribution in [0.1, 0.15) is 39.5 Å². The van der Waals surface area contributed by atoms with E-state index < -0.39 is 0 Å². The number of nitrogens with zero attached hydrogens (tertiary/aromatic N) is 2. The molecular formula is C19H27N2+. The summed E-state index contributed by atoms with van der Waals surface area (Å²) < 4.78 is 4.56. The van der Waals surface area contributed by atoms with E-state index in [-0.39, 0.29) is 0 Å². The third-order valence-corrected chi connectivity index (χ3v) is 5.05. The first-order valence-electron chi connectivity index (χ1n) is 8.35. The maximum Gasteiger partial charge on any atom is 0.248 e. The Kier molecular flexibility index (Phi) is 4.42. The molecule has 0 atom stereocenters. The van der Waals surface area contributed by atoms with Crippen molar-refractivity contribution < 1.29 is 4.57 Å². The van der Waals surface area contributed by atoms with E-state index in [1.165, 1.54) is 37.9 Å². The Morgan fingerprint density at radius 1 is 1.10 bits per heavy atom. The summed E-state index contributed by atoms with van der Waals surface area (Å²) in [5.41, 5.74) is 1.24. The van der Waals surface area contributed by atoms with Crippen molar-refractivity contribution in [2.24, 2.45) is 17.8 Å². The van der Waals surface area contributed by atoms with Crippen LogP contribution in [0.4, 0.5) is 0 Å². The van der Waals surface area contributed by atoms with Crippen molar-refractivity contribution in [3.63, 3.8) is 0 Å². The van der Waals surface area contributed by atoms with Crippen molar-refractivity contribution in [3.8, 4) is 5.69 Å². The second kappa shape index (κ2) is 6.46. The predicted octanol–water partition coefficient (Wildman–Crippen LogP) is 4.23. The van der Waals surface area contributed by atoms with Crippen molar-refractivity contribution in [1.29, 1.82) is 0 Å². The molecule has 2 heteroatoms. The fourth-order valence-electron chi connectivity index (χ4n) is 3.59. The first kappa shape index (κ1) is 14.4. The summed E-state index contributed by atoms with van der Waals surface area (Å²) in [6.07, 6.45) is 12.2. The van der Waals surface area contributed by atoms with Crippen LogP contribution in [0.25, 0.3) is 5.69 Å². The van der Waals surface area contributed by atoms with Gasteiger partial charge < -0.3 is 0 Å². The summed E-state index contributed by atoms with van der Waals surface area (Å²) in [6.45, 7) is 5.92. The molecule has 1 aliphatic rings. The minimum atomic E-state index is 0.858. The molecule has 0 radical (unpaired) electrons. The van der Waals surface area contributed by atoms with Gasteiger partial charge >= 0.3 is 0 Å². The van der Waals surface area contributed by atoms with E-state index in [2.05, 4.69) is 72.0 Å². The van der Waals surface area contributed by atoms with Gasteiger partial charge in [-0.3, -0.25) is 0 Å². The smallest absolute Gasteiger partial charge is 0.236 e. The fourth-order valence-corrected chi connectivity index (χ4v) is 3.59. The second-order valence-corrected chi connectivity index (χ2v) is 6.88. The zero-order valence-electron chi connectivity index (χ0n) is 13.3. The standard InChI is InChI=1S/C19H27N2/c1-16(2)18-10-8-17(9-11-18)14-20-12-13-21(15-20)19-6-4-3-5-7-19/h3-7,12-13,15-18H,8-11,14H2,1-2H3/q+1. The lowest BCUT2D eigenvalue weighted by Gasteiger charge is -2.29. The molecule has 0 saturated heterocycles. The lowest BCUT2D eigenvalue weighted by Crippen LogP contribution is -2.37. The Morgan fingerprint density at radius 2 is 1.81 bits per heavy atom. The first-order chi connectivity index (χ1) is 10.2. The maximum absolute atomic E-state index is 2.37. The summed E-state index contributed by atoms with van der Waals surface area (Å²) in [7, 11) is 0. The highest BCUT2D eigenvalue weighted by Gasteiger charge is 2.24. The number of aromatic nitrogens is 2. The molecule has 0 bridgehead atoms. The molecular weight excluding hydrogens is 256 g/mol. The number of imidazole rings is 1. The van der Waals surface area contributed by atoms with Crippen LogP contribution in [0.5, 0.6) is 0 Å². The van der Waals surface area contributed by atoms with Crippen molar-refractivity contribution in [2.75, 3.05) is 0 Å². The van der Waals surface area contributed by atoms with E-state index in [1.807, 2.05) is 0 Å². The van der Waals surface area contributed by atoms with Crippen molar-refractivity contribution in [3.05, 3.63) is 49.1 Å². The zero-order valence-corrected chi connectivity index (χ0v) is 13.3. The molecule has 0 unspecified atom stereocenters. The second-order valence-electron chi connectivity index (χ2n) is 6.88. The number of hydrogen-bond donors (Lipinski definition) is 0. The average Bonchev–Trinajstić information content (AvgIpc) is 2.97. The molecule has 1 saturated carbocycles. The minimum Gasteiger partial charge on any atom is -0.236 e. The van der Waals surface area contributed by atoms with Crippen LogP contribution < -0.4 is 4.57 Å². The highest BCUT2D eigenvalue weighted by Crippen LogP contribution is 2.33. The Labute approximate surface area is 128 Å². The molecule has 2 aromatic rings. The van der Waals surface area contributed by atoms with E-state index in [4.69, 9.17) is 0 Å². The molecule has 0 aliphatic heterocycles. The summed E-state index contributed by atoms with van der Waals surface area (Å²) in [5, 5.41) is 0. The topological polar surface area (TPSA) is 8.81 Å². The van der Waals surface area contributed by atoms with Gasteiger partial charge in [-0.2, -0.15) is 0 Å². The summed E-state index contributed by atoms with van der Waals surface area (Å²) in [5.74, 6) is 2.68. The molecule has 21 heavy (non-hydrogen) atoms. The molecule has 1 heterocycles. The summed E-state index contributed by atoms with van der Waals surface area (Å²) in [6, 6.07) is 10.5. The fraction of sp³-hybridized carbons (Fsp3) is 0.526. The Morgan fingerprint density at radius 3 is 2.48 bits per heavy atom. The van der Waals surface area contributed by atoms with Gasteiger partial charge in [0, 0.05) is 0 Å². The Bertz CT molecular complexity index is 548. The van der Waals surface area contributed by atoms with Gasteiger partial charge in [0.05, 0.1) is 6.54 Å². The minimum absolute atomic E-state index is 0.858. The van der Waals surface area contributed by atoms with Crippen LogP contribution in [0.2, 0.25) is 0 Å². The maximum atomic E-state index is 2.37. The van der Waals surface area contributed by atoms with E-state index >= 15 is 0 Å². The molecule has 0 N–H and O–H groups in total. The molecule has 112 valence electrons. The van der Waals surface area contributed by atoms with E-state index in [0.717, 1.165) is 17.8 Å². The van der Waals surface area contributed by atoms with E-state index in [1.54, 1.807) is 0 Å². The SMILES string of the molecule is CC(C)C1CCC(C[n+]2ccn(-c3ccccc3)c2)CC1. The van der Waals surface area contributed by atoms with Crippen LogP contribution in [-0.2, 0) is 6.54 Å². The molecule has 1 aromatic heterocycles. The molecule has 0 amide bonds. The van der Waals surface area contributed by atoms with Gasteiger partial charge in [0.2, 0.25) is 6.33 Å². The van der Waals surface area contributed by atoms with Gasteiger partial charge in [-0.25, -0.2) is 9.13 Å². The van der Waals surface area contributed by atoms with Gasteiger partial charge in [0.15, 0.2) is 0 Å². The first-order valence-corrected chi connectivity index (χ1v) is 8.35. The molecule has 1 fully saturated rings. The zero-order chi connectivity index (χ0) is 14.7. The van der Waals surface area contributed by atoms with Crippen LogP contribution in [0, 0.1) is 17.8 Å². The van der Waals surface area contributed by atoms with Crippen LogP contribution in [0.15, 0.2) is 49.1 Å². The van der Waals surface area contributed by atoms with Crippen LogP contribution >= 0.6 is 0 Å². The van der Waals surface area contributed by atoms with Gasteiger partial charge in [0.1, 0.15) is 18.1 Å². The van der Waals surface area contributed by atoms with Crippen molar-refractivity contribution in [2.45, 2.75) is 46.1 Å². The van der Waals surface area contributed by atoms with Gasteiger partial charge in [-0.1, -0.05) is 32.0 Å². The van der Waals surface area contributed by atoms with Crippen LogP contribution in [0.3, 0.4) is 0 Å². The Hall–Kier alpha value is -1.57. The molecule has 1 aromatic carbocycles. The van der Waals surface area contributed by atoms with Crippen LogP contribution in [-0.4, -0.2) is 4.57 Å². The molecule has 3 rings (SSSR count). The number of para-hydroxylation sites is 1. The van der Waals surface area contributed by atoms with E-state index in [9.17, 15) is 0 Å².